The number of urea groups is 1. The Balaban J connectivity index is 1.96. The third kappa shape index (κ3) is 4.04. The molecule has 2 rings (SSSR count). The molecule has 1 saturated heterocycles. The smallest absolute Gasteiger partial charge is 0.326 e. The first-order valence-electron chi connectivity index (χ1n) is 8.12. The van der Waals surface area contributed by atoms with Crippen molar-refractivity contribution in [1.29, 1.82) is 0 Å². The second-order valence-corrected chi connectivity index (χ2v) is 6.49. The number of aryl methyl sites for hydroxylation is 1. The summed E-state index contributed by atoms with van der Waals surface area (Å²) >= 11 is 0. The minimum Gasteiger partial charge on any atom is -0.453 e. The Hall–Kier alpha value is -2.70. The van der Waals surface area contributed by atoms with Crippen LogP contribution in [0, 0.1) is 0 Å². The molecule has 1 aliphatic rings. The molecule has 0 bridgehead atoms. The molecule has 0 unspecified atom stereocenters. The summed E-state index contributed by atoms with van der Waals surface area (Å²) in [4.78, 5) is 48.9. The molecule has 0 aliphatic carbocycles. The lowest BCUT2D eigenvalue weighted by molar-refractivity contribution is -0.149. The number of esters is 1. The number of rotatable bonds is 6. The first-order chi connectivity index (χ1) is 11.7. The molecule has 0 spiro atoms. The van der Waals surface area contributed by atoms with Gasteiger partial charge in [0, 0.05) is 5.56 Å². The van der Waals surface area contributed by atoms with Crippen LogP contribution in [0.15, 0.2) is 24.3 Å². The largest absolute Gasteiger partial charge is 0.453 e. The number of carbonyl (C=O) groups is 4. The van der Waals surface area contributed by atoms with E-state index in [2.05, 4.69) is 5.32 Å². The summed E-state index contributed by atoms with van der Waals surface area (Å²) < 4.78 is 5.09. The van der Waals surface area contributed by atoms with E-state index < -0.39 is 36.1 Å². The number of ketones is 1. The number of Topliss-reactive ketones (excluding diaryl/α,β-unsaturated/α-hetero) is 1. The summed E-state index contributed by atoms with van der Waals surface area (Å²) in [5.74, 6) is -1.66. The predicted octanol–water partition coefficient (Wildman–Crippen LogP) is 1.69. The van der Waals surface area contributed by atoms with Crippen LogP contribution in [0.2, 0.25) is 0 Å². The van der Waals surface area contributed by atoms with Crippen molar-refractivity contribution >= 4 is 23.7 Å². The number of benzene rings is 1. The summed E-state index contributed by atoms with van der Waals surface area (Å²) in [6.07, 6.45) is -0.143. The minimum atomic E-state index is -1.06. The van der Waals surface area contributed by atoms with Gasteiger partial charge in [0.25, 0.3) is 5.91 Å². The third-order valence-electron chi connectivity index (χ3n) is 4.06. The zero-order valence-electron chi connectivity index (χ0n) is 14.8. The summed E-state index contributed by atoms with van der Waals surface area (Å²) in [7, 11) is 0. The Bertz CT molecular complexity index is 709. The van der Waals surface area contributed by atoms with Crippen molar-refractivity contribution in [2.45, 2.75) is 45.8 Å². The van der Waals surface area contributed by atoms with E-state index >= 15 is 0 Å². The molecular formula is C18H22N2O5. The highest BCUT2D eigenvalue weighted by Crippen LogP contribution is 2.16. The monoisotopic (exact) mass is 346 g/mol. The molecule has 1 aromatic rings. The number of nitrogens with zero attached hydrogens (tertiary/aromatic N) is 1. The van der Waals surface area contributed by atoms with Gasteiger partial charge in [-0.1, -0.05) is 31.2 Å². The van der Waals surface area contributed by atoms with Crippen LogP contribution in [0.4, 0.5) is 4.79 Å². The maximum Gasteiger partial charge on any atom is 0.326 e. The van der Waals surface area contributed by atoms with E-state index in [1.807, 2.05) is 19.1 Å². The fraction of sp³-hybridized carbons (Fsp3) is 0.444. The molecule has 134 valence electrons. The lowest BCUT2D eigenvalue weighted by Gasteiger charge is -2.17. The molecule has 7 heteroatoms. The molecule has 3 amide bonds. The summed E-state index contributed by atoms with van der Waals surface area (Å²) in [5.41, 5.74) is 0.482. The third-order valence-corrected chi connectivity index (χ3v) is 4.06. The average Bonchev–Trinajstić information content (AvgIpc) is 2.76. The summed E-state index contributed by atoms with van der Waals surface area (Å²) in [5, 5.41) is 2.47. The molecular weight excluding hydrogens is 324 g/mol. The van der Waals surface area contributed by atoms with Crippen molar-refractivity contribution in [2.24, 2.45) is 0 Å². The van der Waals surface area contributed by atoms with Crippen molar-refractivity contribution in [2.75, 3.05) is 6.54 Å². The van der Waals surface area contributed by atoms with Gasteiger partial charge in [-0.2, -0.15) is 0 Å². The van der Waals surface area contributed by atoms with Crippen LogP contribution in [0.5, 0.6) is 0 Å². The van der Waals surface area contributed by atoms with E-state index in [1.165, 1.54) is 6.92 Å². The van der Waals surface area contributed by atoms with Crippen LogP contribution in [0.3, 0.4) is 0 Å². The zero-order chi connectivity index (χ0) is 18.8. The molecule has 7 nitrogen and oxygen atoms in total. The van der Waals surface area contributed by atoms with Crippen LogP contribution < -0.4 is 5.32 Å². The van der Waals surface area contributed by atoms with E-state index in [9.17, 15) is 19.2 Å². The van der Waals surface area contributed by atoms with Gasteiger partial charge in [-0.3, -0.25) is 19.3 Å². The molecule has 1 heterocycles. The highest BCUT2D eigenvalue weighted by atomic mass is 16.5. The van der Waals surface area contributed by atoms with Crippen molar-refractivity contribution < 1.29 is 23.9 Å². The van der Waals surface area contributed by atoms with E-state index in [0.717, 1.165) is 16.9 Å². The second-order valence-electron chi connectivity index (χ2n) is 6.49. The van der Waals surface area contributed by atoms with E-state index in [0.29, 0.717) is 5.56 Å². The van der Waals surface area contributed by atoms with Gasteiger partial charge in [0.1, 0.15) is 12.1 Å². The fourth-order valence-electron chi connectivity index (χ4n) is 2.52. The highest BCUT2D eigenvalue weighted by molar-refractivity contribution is 6.08. The van der Waals surface area contributed by atoms with Gasteiger partial charge in [-0.05, 0) is 32.8 Å². The van der Waals surface area contributed by atoms with Crippen LogP contribution in [0.25, 0.3) is 0 Å². The molecule has 25 heavy (non-hydrogen) atoms. The Morgan fingerprint density at radius 2 is 1.80 bits per heavy atom. The molecule has 1 fully saturated rings. The van der Waals surface area contributed by atoms with Gasteiger partial charge >= 0.3 is 12.0 Å². The van der Waals surface area contributed by atoms with Gasteiger partial charge < -0.3 is 10.1 Å². The lowest BCUT2D eigenvalue weighted by Crippen LogP contribution is -2.41. The van der Waals surface area contributed by atoms with Crippen LogP contribution >= 0.6 is 0 Å². The molecule has 1 atom stereocenters. The maximum absolute atomic E-state index is 12.3. The fourth-order valence-corrected chi connectivity index (χ4v) is 2.52. The maximum atomic E-state index is 12.3. The Morgan fingerprint density at radius 3 is 2.28 bits per heavy atom. The first-order valence-corrected chi connectivity index (χ1v) is 8.12. The SMILES string of the molecule is CCc1ccc(C(=O)[C@@H](C)OC(=O)CN2C(=O)NC(C)(C)C2=O)cc1. The Kier molecular flexibility index (Phi) is 5.25. The molecule has 1 aromatic carbocycles. The van der Waals surface area contributed by atoms with Crippen LogP contribution in [-0.4, -0.2) is 46.8 Å². The molecule has 0 aromatic heterocycles. The standard InChI is InChI=1S/C18H22N2O5/c1-5-12-6-8-13(9-7-12)15(22)11(2)25-14(21)10-20-16(23)18(3,4)19-17(20)24/h6-9,11H,5,10H2,1-4H3,(H,19,24)/t11-/m1/s1. The van der Waals surface area contributed by atoms with Gasteiger partial charge in [0.2, 0.25) is 5.78 Å². The first kappa shape index (κ1) is 18.6. The number of ether oxygens (including phenoxy) is 1. The number of nitrogens with one attached hydrogen (secondary N) is 1. The number of hydrogen-bond acceptors (Lipinski definition) is 5. The zero-order valence-corrected chi connectivity index (χ0v) is 14.8. The summed E-state index contributed by atoms with van der Waals surface area (Å²) in [6, 6.07) is 6.41. The highest BCUT2D eigenvalue weighted by Gasteiger charge is 2.45. The van der Waals surface area contributed by atoms with Crippen LogP contribution in [0.1, 0.15) is 43.6 Å². The van der Waals surface area contributed by atoms with Crippen molar-refractivity contribution in [3.8, 4) is 0 Å². The molecule has 0 radical (unpaired) electrons. The van der Waals surface area contributed by atoms with Gasteiger partial charge in [-0.15, -0.1) is 0 Å². The van der Waals surface area contributed by atoms with Gasteiger partial charge in [0.05, 0.1) is 0 Å². The van der Waals surface area contributed by atoms with Crippen molar-refractivity contribution in [1.82, 2.24) is 10.2 Å². The second kappa shape index (κ2) is 7.04. The van der Waals surface area contributed by atoms with Gasteiger partial charge in [-0.25, -0.2) is 4.79 Å². The molecule has 1 N–H and O–H groups in total. The van der Waals surface area contributed by atoms with Gasteiger partial charge in [0.15, 0.2) is 6.10 Å². The number of amides is 3. The normalized spacial score (nSPS) is 17.2. The van der Waals surface area contributed by atoms with E-state index in [1.54, 1.807) is 26.0 Å². The summed E-state index contributed by atoms with van der Waals surface area (Å²) in [6.45, 7) is 6.04. The number of hydrogen-bond donors (Lipinski definition) is 1. The van der Waals surface area contributed by atoms with Crippen molar-refractivity contribution in [3.63, 3.8) is 0 Å². The van der Waals surface area contributed by atoms with E-state index in [-0.39, 0.29) is 5.78 Å². The quantitative estimate of drug-likeness (QED) is 0.481. The molecule has 1 aliphatic heterocycles. The number of carbonyl (C=O) groups excluding carboxylic acids is 4. The molecule has 0 saturated carbocycles. The average molecular weight is 346 g/mol. The minimum absolute atomic E-state index is 0.339. The topological polar surface area (TPSA) is 92.8 Å². The van der Waals surface area contributed by atoms with Crippen LogP contribution in [-0.2, 0) is 20.7 Å². The Labute approximate surface area is 146 Å². The van der Waals surface area contributed by atoms with E-state index in [4.69, 9.17) is 4.74 Å². The predicted molar refractivity (Wildman–Crippen MR) is 90.0 cm³/mol. The Morgan fingerprint density at radius 1 is 1.20 bits per heavy atom. The van der Waals surface area contributed by atoms with Crippen molar-refractivity contribution in [3.05, 3.63) is 35.4 Å². The number of imide groups is 1. The lowest BCUT2D eigenvalue weighted by atomic mass is 10.0.